The third-order valence-electron chi connectivity index (χ3n) is 3.02. The van der Waals surface area contributed by atoms with Gasteiger partial charge >= 0.3 is 0 Å². The summed E-state index contributed by atoms with van der Waals surface area (Å²) < 4.78 is 0. The van der Waals surface area contributed by atoms with E-state index in [1.165, 1.54) is 5.56 Å². The Morgan fingerprint density at radius 2 is 1.56 bits per heavy atom. The molecule has 2 aromatic heterocycles. The van der Waals surface area contributed by atoms with E-state index in [9.17, 15) is 0 Å². The first-order valence-electron chi connectivity index (χ1n) is 5.86. The van der Waals surface area contributed by atoms with E-state index in [-0.39, 0.29) is 0 Å². The fourth-order valence-corrected chi connectivity index (χ4v) is 2.12. The molecule has 1 aromatic carbocycles. The molecule has 0 radical (unpaired) electrons. The van der Waals surface area contributed by atoms with Gasteiger partial charge in [-0.05, 0) is 23.3 Å². The van der Waals surface area contributed by atoms with Crippen molar-refractivity contribution in [2.75, 3.05) is 5.73 Å². The van der Waals surface area contributed by atoms with E-state index in [0.717, 1.165) is 22.9 Å². The van der Waals surface area contributed by atoms with Crippen molar-refractivity contribution in [3.8, 4) is 0 Å². The number of para-hydroxylation sites is 1. The lowest BCUT2D eigenvalue weighted by molar-refractivity contribution is 1.16. The van der Waals surface area contributed by atoms with Crippen molar-refractivity contribution in [2.45, 2.75) is 6.42 Å². The SMILES string of the molecule is Nc1ncccc1Cc1cccc2cccnc12. The molecule has 0 amide bonds. The Bertz CT molecular complexity index is 687. The van der Waals surface area contributed by atoms with Crippen molar-refractivity contribution in [1.29, 1.82) is 0 Å². The predicted molar refractivity (Wildman–Crippen MR) is 73.2 cm³/mol. The molecule has 18 heavy (non-hydrogen) atoms. The number of benzene rings is 1. The second-order valence-corrected chi connectivity index (χ2v) is 4.22. The summed E-state index contributed by atoms with van der Waals surface area (Å²) in [4.78, 5) is 8.56. The van der Waals surface area contributed by atoms with Gasteiger partial charge in [-0.1, -0.05) is 30.3 Å². The minimum Gasteiger partial charge on any atom is -0.383 e. The minimum absolute atomic E-state index is 0.588. The number of nitrogen functional groups attached to an aromatic ring is 1. The number of aromatic nitrogens is 2. The Kier molecular flexibility index (Phi) is 2.65. The standard InChI is InChI=1S/C15H13N3/c16-15-13(7-3-9-18-15)10-12-5-1-4-11-6-2-8-17-14(11)12/h1-9H,10H2,(H2,16,18). The molecule has 3 nitrogen and oxygen atoms in total. The van der Waals surface area contributed by atoms with Crippen LogP contribution in [0, 0.1) is 0 Å². The maximum Gasteiger partial charge on any atom is 0.126 e. The molecule has 2 heterocycles. The number of nitrogens with two attached hydrogens (primary N) is 1. The largest absolute Gasteiger partial charge is 0.383 e. The molecule has 0 aliphatic rings. The molecule has 0 aliphatic carbocycles. The van der Waals surface area contributed by atoms with Crippen molar-refractivity contribution in [2.24, 2.45) is 0 Å². The summed E-state index contributed by atoms with van der Waals surface area (Å²) in [5.41, 5.74) is 9.12. The van der Waals surface area contributed by atoms with E-state index < -0.39 is 0 Å². The lowest BCUT2D eigenvalue weighted by atomic mass is 10.0. The average Bonchev–Trinajstić information content (AvgIpc) is 2.42. The van der Waals surface area contributed by atoms with Crippen LogP contribution in [-0.2, 0) is 6.42 Å². The number of rotatable bonds is 2. The monoisotopic (exact) mass is 235 g/mol. The maximum atomic E-state index is 5.88. The van der Waals surface area contributed by atoms with Crippen LogP contribution in [0.1, 0.15) is 11.1 Å². The summed E-state index contributed by atoms with van der Waals surface area (Å²) >= 11 is 0. The van der Waals surface area contributed by atoms with Crippen LogP contribution in [0.5, 0.6) is 0 Å². The number of nitrogens with zero attached hydrogens (tertiary/aromatic N) is 2. The zero-order chi connectivity index (χ0) is 12.4. The van der Waals surface area contributed by atoms with Crippen molar-refractivity contribution in [3.05, 3.63) is 66.0 Å². The molecule has 3 rings (SSSR count). The van der Waals surface area contributed by atoms with Crippen molar-refractivity contribution in [1.82, 2.24) is 9.97 Å². The zero-order valence-electron chi connectivity index (χ0n) is 9.88. The molecule has 3 heteroatoms. The molecule has 0 bridgehead atoms. The number of hydrogen-bond donors (Lipinski definition) is 1. The van der Waals surface area contributed by atoms with Gasteiger partial charge in [-0.25, -0.2) is 4.98 Å². The average molecular weight is 235 g/mol. The van der Waals surface area contributed by atoms with Gasteiger partial charge in [0.15, 0.2) is 0 Å². The highest BCUT2D eigenvalue weighted by Crippen LogP contribution is 2.20. The molecule has 0 saturated heterocycles. The Hall–Kier alpha value is -2.42. The summed E-state index contributed by atoms with van der Waals surface area (Å²) in [6.45, 7) is 0. The van der Waals surface area contributed by atoms with Gasteiger partial charge < -0.3 is 5.73 Å². The third-order valence-corrected chi connectivity index (χ3v) is 3.02. The van der Waals surface area contributed by atoms with E-state index in [1.54, 1.807) is 6.20 Å². The van der Waals surface area contributed by atoms with E-state index in [1.807, 2.05) is 30.5 Å². The van der Waals surface area contributed by atoms with Crippen LogP contribution in [0.4, 0.5) is 5.82 Å². The molecule has 0 fully saturated rings. The van der Waals surface area contributed by atoms with Crippen molar-refractivity contribution >= 4 is 16.7 Å². The molecule has 0 unspecified atom stereocenters. The van der Waals surface area contributed by atoms with Gasteiger partial charge in [0, 0.05) is 24.2 Å². The summed E-state index contributed by atoms with van der Waals surface area (Å²) in [5, 5.41) is 1.15. The fourth-order valence-electron chi connectivity index (χ4n) is 2.12. The lowest BCUT2D eigenvalue weighted by Gasteiger charge is -2.07. The Balaban J connectivity index is 2.08. The van der Waals surface area contributed by atoms with Crippen LogP contribution in [-0.4, -0.2) is 9.97 Å². The van der Waals surface area contributed by atoms with Gasteiger partial charge in [0.25, 0.3) is 0 Å². The molecule has 0 spiro atoms. The van der Waals surface area contributed by atoms with E-state index in [0.29, 0.717) is 5.82 Å². The van der Waals surface area contributed by atoms with E-state index in [2.05, 4.69) is 28.2 Å². The Morgan fingerprint density at radius 3 is 2.44 bits per heavy atom. The van der Waals surface area contributed by atoms with Gasteiger partial charge in [0.2, 0.25) is 0 Å². The Morgan fingerprint density at radius 1 is 0.833 bits per heavy atom. The van der Waals surface area contributed by atoms with Gasteiger partial charge in [0.05, 0.1) is 5.52 Å². The Labute approximate surface area is 105 Å². The van der Waals surface area contributed by atoms with E-state index >= 15 is 0 Å². The molecular formula is C15H13N3. The molecule has 0 atom stereocenters. The van der Waals surface area contributed by atoms with Gasteiger partial charge in [-0.2, -0.15) is 0 Å². The van der Waals surface area contributed by atoms with Crippen molar-refractivity contribution in [3.63, 3.8) is 0 Å². The van der Waals surface area contributed by atoms with Crippen molar-refractivity contribution < 1.29 is 0 Å². The zero-order valence-corrected chi connectivity index (χ0v) is 9.88. The third kappa shape index (κ3) is 1.91. The molecule has 3 aromatic rings. The highest BCUT2D eigenvalue weighted by atomic mass is 14.8. The smallest absolute Gasteiger partial charge is 0.126 e. The summed E-state index contributed by atoms with van der Waals surface area (Å²) in [7, 11) is 0. The minimum atomic E-state index is 0.588. The first kappa shape index (κ1) is 10.7. The number of pyridine rings is 2. The highest BCUT2D eigenvalue weighted by Gasteiger charge is 2.05. The topological polar surface area (TPSA) is 51.8 Å². The van der Waals surface area contributed by atoms with Crippen LogP contribution < -0.4 is 5.73 Å². The second kappa shape index (κ2) is 4.45. The number of fused-ring (bicyclic) bond motifs is 1. The predicted octanol–water partition coefficient (Wildman–Crippen LogP) is 2.80. The molecule has 0 aliphatic heterocycles. The normalized spacial score (nSPS) is 10.7. The number of hydrogen-bond acceptors (Lipinski definition) is 3. The summed E-state index contributed by atoms with van der Waals surface area (Å²) in [6, 6.07) is 14.1. The van der Waals surface area contributed by atoms with Gasteiger partial charge in [-0.15, -0.1) is 0 Å². The van der Waals surface area contributed by atoms with Gasteiger partial charge in [0.1, 0.15) is 5.82 Å². The van der Waals surface area contributed by atoms with Gasteiger partial charge in [-0.3, -0.25) is 4.98 Å². The number of anilines is 1. The van der Waals surface area contributed by atoms with Crippen LogP contribution in [0.2, 0.25) is 0 Å². The summed E-state index contributed by atoms with van der Waals surface area (Å²) in [6.07, 6.45) is 4.28. The van der Waals surface area contributed by atoms with Crippen LogP contribution in [0.25, 0.3) is 10.9 Å². The summed E-state index contributed by atoms with van der Waals surface area (Å²) in [5.74, 6) is 0.588. The first-order valence-corrected chi connectivity index (χ1v) is 5.86. The van der Waals surface area contributed by atoms with Crippen LogP contribution in [0.15, 0.2) is 54.9 Å². The molecule has 2 N–H and O–H groups in total. The van der Waals surface area contributed by atoms with Crippen LogP contribution in [0.3, 0.4) is 0 Å². The second-order valence-electron chi connectivity index (χ2n) is 4.22. The van der Waals surface area contributed by atoms with Crippen LogP contribution >= 0.6 is 0 Å². The molecule has 88 valence electrons. The first-order chi connectivity index (χ1) is 8.84. The lowest BCUT2D eigenvalue weighted by Crippen LogP contribution is -1.99. The maximum absolute atomic E-state index is 5.88. The fraction of sp³-hybridized carbons (Fsp3) is 0.0667. The molecule has 0 saturated carbocycles. The highest BCUT2D eigenvalue weighted by molar-refractivity contribution is 5.82. The quantitative estimate of drug-likeness (QED) is 0.743. The van der Waals surface area contributed by atoms with E-state index in [4.69, 9.17) is 5.73 Å². The molecular weight excluding hydrogens is 222 g/mol.